The molecule has 1 atom stereocenters. The van der Waals surface area contributed by atoms with E-state index in [0.29, 0.717) is 5.69 Å². The van der Waals surface area contributed by atoms with E-state index in [9.17, 15) is 14.4 Å². The molecule has 2 aromatic heterocycles. The third kappa shape index (κ3) is 5.44. The number of hydrogen-bond donors (Lipinski definition) is 2. The number of halogens is 2. The third-order valence-corrected chi connectivity index (χ3v) is 6.08. The van der Waals surface area contributed by atoms with Gasteiger partial charge < -0.3 is 22.2 Å². The molecule has 8 heteroatoms. The van der Waals surface area contributed by atoms with Gasteiger partial charge in [-0.25, -0.2) is 0 Å². The number of benzene rings is 1. The Morgan fingerprint density at radius 3 is 2.03 bits per heavy atom. The van der Waals surface area contributed by atoms with Crippen molar-refractivity contribution in [1.29, 1.82) is 0 Å². The number of nitrogens with zero attached hydrogens (tertiary/aromatic N) is 2. The first kappa shape index (κ1) is 25.3. The van der Waals surface area contributed by atoms with Crippen LogP contribution in [-0.2, 0) is 4.57 Å². The summed E-state index contributed by atoms with van der Waals surface area (Å²) < 4.78 is 14.0. The van der Waals surface area contributed by atoms with E-state index in [2.05, 4.69) is 17.1 Å². The number of aryl methyl sites for hydroxylation is 3. The van der Waals surface area contributed by atoms with Crippen LogP contribution in [0, 0.1) is 20.8 Å². The standard InChI is InChI=1S/C21H23N2O3P.2ClH/c1-14-11-15(2)21(16(3)12-14)23-10-7-19(18-5-8-22-9-6-18)13-20(23)17(4)27(24,25)26;;/h5-13,17H,1-4H3,(H-,24,25,26);2*1H. The topological polar surface area (TPSA) is 74.3 Å². The fraction of sp³-hybridized carbons (Fsp3) is 0.238. The second-order valence-electron chi connectivity index (χ2n) is 6.96. The maximum Gasteiger partial charge on any atom is 0.338 e. The minimum atomic E-state index is -4.31. The van der Waals surface area contributed by atoms with Crippen molar-refractivity contribution in [2.75, 3.05) is 0 Å². The third-order valence-electron chi connectivity index (χ3n) is 4.81. The minimum absolute atomic E-state index is 0. The van der Waals surface area contributed by atoms with Gasteiger partial charge in [0.2, 0.25) is 11.4 Å². The predicted molar refractivity (Wildman–Crippen MR) is 113 cm³/mol. The molecule has 0 spiro atoms. The molecule has 0 fully saturated rings. The van der Waals surface area contributed by atoms with Gasteiger partial charge in [0.1, 0.15) is 5.66 Å². The van der Waals surface area contributed by atoms with Gasteiger partial charge in [-0.1, -0.05) is 5.56 Å². The highest BCUT2D eigenvalue weighted by Gasteiger charge is 2.35. The second kappa shape index (κ2) is 9.84. The lowest BCUT2D eigenvalue weighted by molar-refractivity contribution is -0.605. The second-order valence-corrected chi connectivity index (χ2v) is 8.91. The van der Waals surface area contributed by atoms with Crippen LogP contribution in [0.2, 0.25) is 0 Å². The summed E-state index contributed by atoms with van der Waals surface area (Å²) in [6.07, 6.45) is 5.30. The molecule has 0 aliphatic carbocycles. The quantitative estimate of drug-likeness (QED) is 0.463. The summed E-state index contributed by atoms with van der Waals surface area (Å²) in [5.74, 6) is 0. The van der Waals surface area contributed by atoms with E-state index in [1.54, 1.807) is 19.3 Å². The van der Waals surface area contributed by atoms with Crippen molar-refractivity contribution >= 4 is 20.0 Å². The molecule has 2 N–H and O–H groups in total. The van der Waals surface area contributed by atoms with Crippen molar-refractivity contribution in [3.8, 4) is 16.8 Å². The van der Waals surface area contributed by atoms with Crippen LogP contribution in [0.3, 0.4) is 0 Å². The molecule has 0 radical (unpaired) electrons. The minimum Gasteiger partial charge on any atom is -1.00 e. The van der Waals surface area contributed by atoms with Crippen LogP contribution in [0.25, 0.3) is 16.8 Å². The lowest BCUT2D eigenvalue weighted by Crippen LogP contribution is -3.00. The molecule has 0 amide bonds. The monoisotopic (exact) mass is 454 g/mol. The van der Waals surface area contributed by atoms with Crippen LogP contribution >= 0.6 is 20.0 Å². The van der Waals surface area contributed by atoms with Gasteiger partial charge in [-0.15, -0.1) is 12.4 Å². The maximum absolute atomic E-state index is 12.1. The first-order valence-corrected chi connectivity index (χ1v) is 10.5. The van der Waals surface area contributed by atoms with Crippen molar-refractivity contribution in [3.63, 3.8) is 0 Å². The average Bonchev–Trinajstić information content (AvgIpc) is 2.60. The van der Waals surface area contributed by atoms with Crippen molar-refractivity contribution in [2.24, 2.45) is 0 Å². The van der Waals surface area contributed by atoms with E-state index in [4.69, 9.17) is 0 Å². The first-order chi connectivity index (χ1) is 12.7. The molecule has 2 heterocycles. The Kier molecular flexibility index (Phi) is 8.58. The fourth-order valence-electron chi connectivity index (χ4n) is 3.49. The summed E-state index contributed by atoms with van der Waals surface area (Å²) in [6.45, 7) is 7.65. The molecule has 1 aromatic carbocycles. The Bertz CT molecular complexity index is 1020. The van der Waals surface area contributed by atoms with E-state index >= 15 is 0 Å². The van der Waals surface area contributed by atoms with Crippen LogP contribution in [0.15, 0.2) is 55.0 Å². The van der Waals surface area contributed by atoms with Crippen LogP contribution in [0.4, 0.5) is 0 Å². The van der Waals surface area contributed by atoms with Gasteiger partial charge in [-0.3, -0.25) is 9.55 Å². The van der Waals surface area contributed by atoms with Crippen LogP contribution < -0.4 is 17.0 Å². The lowest BCUT2D eigenvalue weighted by Gasteiger charge is -2.16. The number of pyridine rings is 2. The Morgan fingerprint density at radius 1 is 0.966 bits per heavy atom. The molecular weight excluding hydrogens is 430 g/mol. The summed E-state index contributed by atoms with van der Waals surface area (Å²) in [4.78, 5) is 23.7. The van der Waals surface area contributed by atoms with Gasteiger partial charge in [0.05, 0.1) is 0 Å². The predicted octanol–water partition coefficient (Wildman–Crippen LogP) is 1.62. The summed E-state index contributed by atoms with van der Waals surface area (Å²) in [5.41, 5.74) is 5.73. The molecule has 156 valence electrons. The molecule has 1 unspecified atom stereocenters. The van der Waals surface area contributed by atoms with Crippen molar-refractivity contribution in [3.05, 3.63) is 77.4 Å². The van der Waals surface area contributed by atoms with E-state index in [1.165, 1.54) is 0 Å². The summed E-state index contributed by atoms with van der Waals surface area (Å²) in [6, 6.07) is 11.7. The zero-order valence-corrected chi connectivity index (χ0v) is 19.2. The van der Waals surface area contributed by atoms with Gasteiger partial charge in [-0.05, 0) is 63.1 Å². The molecule has 0 bridgehead atoms. The van der Waals surface area contributed by atoms with Crippen molar-refractivity contribution in [1.82, 2.24) is 4.98 Å². The van der Waals surface area contributed by atoms with E-state index in [1.807, 2.05) is 55.8 Å². The molecule has 5 nitrogen and oxygen atoms in total. The van der Waals surface area contributed by atoms with Gasteiger partial charge in [0, 0.05) is 35.7 Å². The Hall–Kier alpha value is -1.75. The fourth-order valence-corrected chi connectivity index (χ4v) is 4.04. The number of aromatic nitrogens is 2. The normalized spacial score (nSPS) is 11.9. The lowest BCUT2D eigenvalue weighted by atomic mass is 10.0. The van der Waals surface area contributed by atoms with Gasteiger partial charge in [0.25, 0.3) is 0 Å². The number of rotatable bonds is 4. The van der Waals surface area contributed by atoms with Gasteiger partial charge >= 0.3 is 7.60 Å². The van der Waals surface area contributed by atoms with E-state index in [-0.39, 0.29) is 24.8 Å². The molecule has 3 rings (SSSR count). The highest BCUT2D eigenvalue weighted by Crippen LogP contribution is 2.51. The number of hydrogen-bond acceptors (Lipinski definition) is 2. The van der Waals surface area contributed by atoms with Crippen LogP contribution in [-0.4, -0.2) is 14.8 Å². The summed E-state index contributed by atoms with van der Waals surface area (Å²) in [7, 11) is -4.31. The maximum atomic E-state index is 12.1. The first-order valence-electron chi connectivity index (χ1n) is 8.78. The highest BCUT2D eigenvalue weighted by molar-refractivity contribution is 7.52. The van der Waals surface area contributed by atoms with Crippen molar-refractivity contribution < 1.29 is 31.3 Å². The molecule has 29 heavy (non-hydrogen) atoms. The highest BCUT2D eigenvalue weighted by atomic mass is 35.5. The molecule has 0 aliphatic rings. The molecule has 3 aromatic rings. The SMILES string of the molecule is Cc1cc(C)c(-[n+]2ccc(-c3ccncc3)cc2C(C)P(=O)(O)O)c(C)c1.Cl.[Cl-]. The van der Waals surface area contributed by atoms with Gasteiger partial charge in [0.15, 0.2) is 6.20 Å². The Balaban J connectivity index is 0.00000210. The smallest absolute Gasteiger partial charge is 0.338 e. The summed E-state index contributed by atoms with van der Waals surface area (Å²) in [5, 5.41) is 0. The summed E-state index contributed by atoms with van der Waals surface area (Å²) >= 11 is 0. The van der Waals surface area contributed by atoms with Crippen molar-refractivity contribution in [2.45, 2.75) is 33.4 Å². The van der Waals surface area contributed by atoms with E-state index in [0.717, 1.165) is 33.5 Å². The zero-order chi connectivity index (χ0) is 19.8. The van der Waals surface area contributed by atoms with Gasteiger partial charge in [-0.2, -0.15) is 4.57 Å². The largest absolute Gasteiger partial charge is 1.00 e. The Labute approximate surface area is 183 Å². The Morgan fingerprint density at radius 2 is 1.52 bits per heavy atom. The molecule has 0 saturated carbocycles. The van der Waals surface area contributed by atoms with E-state index < -0.39 is 13.3 Å². The molecular formula is C21H25Cl2N2O3P. The van der Waals surface area contributed by atoms with Crippen LogP contribution in [0.1, 0.15) is 35.0 Å². The average molecular weight is 455 g/mol. The molecule has 0 aliphatic heterocycles. The molecule has 0 saturated heterocycles. The van der Waals surface area contributed by atoms with Crippen LogP contribution in [0.5, 0.6) is 0 Å². The zero-order valence-electron chi connectivity index (χ0n) is 16.7.